The third-order valence-electron chi connectivity index (χ3n) is 8.26. The van der Waals surface area contributed by atoms with E-state index < -0.39 is 0 Å². The van der Waals surface area contributed by atoms with E-state index in [1.807, 2.05) is 0 Å². The van der Waals surface area contributed by atoms with Crippen LogP contribution in [0.3, 0.4) is 0 Å². The van der Waals surface area contributed by atoms with Crippen molar-refractivity contribution in [3.63, 3.8) is 0 Å². The first-order valence-electron chi connectivity index (χ1n) is 12.5. The normalized spacial score (nSPS) is 38.6. The van der Waals surface area contributed by atoms with Crippen molar-refractivity contribution in [1.82, 2.24) is 0 Å². The van der Waals surface area contributed by atoms with Crippen LogP contribution in [0.4, 0.5) is 0 Å². The van der Waals surface area contributed by atoms with Gasteiger partial charge in [-0.3, -0.25) is 0 Å². The number of allylic oxidation sites excluding steroid dienone is 10. The Balaban J connectivity index is 1.16. The molecule has 162 valence electrons. The topological polar surface area (TPSA) is 0 Å². The van der Waals surface area contributed by atoms with Crippen LogP contribution in [-0.4, -0.2) is 10.5 Å². The summed E-state index contributed by atoms with van der Waals surface area (Å²) in [7, 11) is 0. The molecule has 0 nitrogen and oxygen atoms in total. The molecule has 1 aliphatic heterocycles. The van der Waals surface area contributed by atoms with Gasteiger partial charge < -0.3 is 0 Å². The van der Waals surface area contributed by atoms with Crippen molar-refractivity contribution in [2.75, 3.05) is 0 Å². The number of hydrogen-bond acceptors (Lipinski definition) is 2. The lowest BCUT2D eigenvalue weighted by Gasteiger charge is -2.32. The molecule has 0 amide bonds. The molecule has 5 rings (SSSR count). The minimum atomic E-state index is 0.762. The monoisotopic (exact) mass is 438 g/mol. The molecule has 30 heavy (non-hydrogen) atoms. The summed E-state index contributed by atoms with van der Waals surface area (Å²) in [5.41, 5.74) is 3.41. The smallest absolute Gasteiger partial charge is 0.0122 e. The van der Waals surface area contributed by atoms with Crippen LogP contribution in [0.1, 0.15) is 77.0 Å². The summed E-state index contributed by atoms with van der Waals surface area (Å²) >= 11 is 7.10. The Morgan fingerprint density at radius 2 is 1.90 bits per heavy atom. The lowest BCUT2D eigenvalue weighted by atomic mass is 9.75. The van der Waals surface area contributed by atoms with Gasteiger partial charge in [-0.15, -0.1) is 12.6 Å². The van der Waals surface area contributed by atoms with Gasteiger partial charge in [0.05, 0.1) is 0 Å². The molecule has 6 unspecified atom stereocenters. The molecule has 0 N–H and O–H groups in total. The minimum absolute atomic E-state index is 0.762. The third kappa shape index (κ3) is 4.90. The van der Waals surface area contributed by atoms with Gasteiger partial charge in [0.25, 0.3) is 0 Å². The van der Waals surface area contributed by atoms with Crippen molar-refractivity contribution >= 4 is 24.4 Å². The summed E-state index contributed by atoms with van der Waals surface area (Å²) in [6, 6.07) is 0. The molecule has 0 bridgehead atoms. The Labute approximate surface area is 193 Å². The molecule has 1 saturated heterocycles. The van der Waals surface area contributed by atoms with Crippen LogP contribution in [0.2, 0.25) is 0 Å². The zero-order chi connectivity index (χ0) is 20.3. The van der Waals surface area contributed by atoms with E-state index in [1.165, 1.54) is 82.0 Å². The Morgan fingerprint density at radius 1 is 0.967 bits per heavy atom. The van der Waals surface area contributed by atoms with E-state index in [4.69, 9.17) is 12.6 Å². The van der Waals surface area contributed by atoms with Gasteiger partial charge >= 0.3 is 0 Å². The van der Waals surface area contributed by atoms with Gasteiger partial charge in [-0.25, -0.2) is 0 Å². The molecule has 0 aromatic heterocycles. The van der Waals surface area contributed by atoms with Crippen LogP contribution in [0, 0.1) is 23.7 Å². The molecular formula is C28H38S2. The second kappa shape index (κ2) is 9.90. The van der Waals surface area contributed by atoms with Crippen molar-refractivity contribution < 1.29 is 0 Å². The summed E-state index contributed by atoms with van der Waals surface area (Å²) in [4.78, 5) is 1.41. The molecule has 1 fully saturated rings. The van der Waals surface area contributed by atoms with Crippen LogP contribution >= 0.6 is 24.4 Å². The Morgan fingerprint density at radius 3 is 2.80 bits per heavy atom. The SMILES string of the molecule is SC1=C(CCC2C=CCC(C3=CC=CC(C4CC5C=CCCC5S4)C3)C2)CCCC1. The summed E-state index contributed by atoms with van der Waals surface area (Å²) in [5, 5.41) is 1.74. The minimum Gasteiger partial charge on any atom is -0.154 e. The Bertz CT molecular complexity index is 768. The fraction of sp³-hybridized carbons (Fsp3) is 0.643. The van der Waals surface area contributed by atoms with Gasteiger partial charge in [0.1, 0.15) is 0 Å². The molecule has 4 aliphatic carbocycles. The third-order valence-corrected chi connectivity index (χ3v) is 10.6. The van der Waals surface area contributed by atoms with Crippen LogP contribution in [0.25, 0.3) is 0 Å². The zero-order valence-corrected chi connectivity index (χ0v) is 20.1. The lowest BCUT2D eigenvalue weighted by molar-refractivity contribution is 0.399. The second-order valence-corrected chi connectivity index (χ2v) is 12.3. The number of thioether (sulfide) groups is 1. The molecule has 0 aromatic carbocycles. The molecule has 0 saturated carbocycles. The molecule has 5 aliphatic rings. The molecule has 6 atom stereocenters. The van der Waals surface area contributed by atoms with E-state index in [1.54, 1.807) is 11.1 Å². The van der Waals surface area contributed by atoms with Gasteiger partial charge in [-0.1, -0.05) is 53.7 Å². The molecule has 2 heteroatoms. The maximum atomic E-state index is 4.78. The molecule has 1 heterocycles. The molecule has 0 spiro atoms. The van der Waals surface area contributed by atoms with E-state index in [2.05, 4.69) is 54.3 Å². The van der Waals surface area contributed by atoms with E-state index in [-0.39, 0.29) is 0 Å². The lowest BCUT2D eigenvalue weighted by Crippen LogP contribution is -2.21. The van der Waals surface area contributed by atoms with Gasteiger partial charge in [0, 0.05) is 10.5 Å². The summed E-state index contributed by atoms with van der Waals surface area (Å²) < 4.78 is 0. The molecular weight excluding hydrogens is 400 g/mol. The largest absolute Gasteiger partial charge is 0.154 e. The highest BCUT2D eigenvalue weighted by Crippen LogP contribution is 2.49. The number of thiol groups is 1. The highest BCUT2D eigenvalue weighted by Gasteiger charge is 2.38. The first kappa shape index (κ1) is 21.3. The average Bonchev–Trinajstić information content (AvgIpc) is 3.23. The van der Waals surface area contributed by atoms with E-state index in [0.29, 0.717) is 0 Å². The van der Waals surface area contributed by atoms with Gasteiger partial charge in [0.2, 0.25) is 0 Å². The number of fused-ring (bicyclic) bond motifs is 1. The van der Waals surface area contributed by atoms with Gasteiger partial charge in [-0.05, 0) is 106 Å². The number of hydrogen-bond donors (Lipinski definition) is 1. The average molecular weight is 439 g/mol. The van der Waals surface area contributed by atoms with Crippen LogP contribution < -0.4 is 0 Å². The standard InChI is InChI=1S/C28H38S2/c29-26-13-3-1-8-21(26)16-15-20-7-5-10-22(17-20)23-11-6-12-24(18-23)28-19-25-9-2-4-14-27(25)30-28/h2,5-7,9,11-12,20,22,24-25,27-29H,1,3-4,8,10,13-19H2. The van der Waals surface area contributed by atoms with Crippen LogP contribution in [-0.2, 0) is 0 Å². The Kier molecular flexibility index (Phi) is 7.02. The summed E-state index contributed by atoms with van der Waals surface area (Å²) in [6.07, 6.45) is 33.3. The van der Waals surface area contributed by atoms with Gasteiger partial charge in [-0.2, -0.15) is 11.8 Å². The van der Waals surface area contributed by atoms with Crippen LogP contribution in [0.5, 0.6) is 0 Å². The fourth-order valence-electron chi connectivity index (χ4n) is 6.45. The molecule has 0 radical (unpaired) electrons. The predicted molar refractivity (Wildman–Crippen MR) is 136 cm³/mol. The van der Waals surface area contributed by atoms with E-state index in [0.717, 1.165) is 34.2 Å². The fourth-order valence-corrected chi connectivity index (χ4v) is 8.68. The van der Waals surface area contributed by atoms with Crippen molar-refractivity contribution in [1.29, 1.82) is 0 Å². The highest BCUT2D eigenvalue weighted by atomic mass is 32.2. The predicted octanol–water partition coefficient (Wildman–Crippen LogP) is 8.45. The summed E-state index contributed by atoms with van der Waals surface area (Å²) in [6.45, 7) is 0. The maximum Gasteiger partial charge on any atom is 0.0122 e. The highest BCUT2D eigenvalue weighted by molar-refractivity contribution is 8.00. The van der Waals surface area contributed by atoms with E-state index in [9.17, 15) is 0 Å². The maximum absolute atomic E-state index is 4.78. The van der Waals surface area contributed by atoms with Crippen molar-refractivity contribution in [3.05, 3.63) is 58.6 Å². The second-order valence-electron chi connectivity index (χ2n) is 10.3. The number of rotatable bonds is 5. The van der Waals surface area contributed by atoms with Gasteiger partial charge in [0.15, 0.2) is 0 Å². The van der Waals surface area contributed by atoms with Crippen molar-refractivity contribution in [2.45, 2.75) is 87.5 Å². The first-order valence-corrected chi connectivity index (χ1v) is 13.9. The molecule has 0 aromatic rings. The van der Waals surface area contributed by atoms with Crippen molar-refractivity contribution in [2.24, 2.45) is 23.7 Å². The van der Waals surface area contributed by atoms with Crippen LogP contribution in [0.15, 0.2) is 58.6 Å². The zero-order valence-electron chi connectivity index (χ0n) is 18.3. The quantitative estimate of drug-likeness (QED) is 0.332. The van der Waals surface area contributed by atoms with E-state index >= 15 is 0 Å². The Hall–Kier alpha value is -0.600. The summed E-state index contributed by atoms with van der Waals surface area (Å²) in [5.74, 6) is 3.15. The first-order chi connectivity index (χ1) is 14.8. The van der Waals surface area contributed by atoms with Crippen molar-refractivity contribution in [3.8, 4) is 0 Å².